The van der Waals surface area contributed by atoms with Gasteiger partial charge in [0.25, 0.3) is 0 Å². The molecule has 0 aliphatic carbocycles. The van der Waals surface area contributed by atoms with Crippen LogP contribution in [0.4, 0.5) is 0 Å². The minimum absolute atomic E-state index is 0.227. The summed E-state index contributed by atoms with van der Waals surface area (Å²) >= 11 is 7.97. The van der Waals surface area contributed by atoms with Crippen molar-refractivity contribution in [2.24, 2.45) is 0 Å². The maximum absolute atomic E-state index is 5.28. The molecule has 0 amide bonds. The Morgan fingerprint density at radius 1 is 1.22 bits per heavy atom. The molecule has 0 aromatic rings. The fourth-order valence-electron chi connectivity index (χ4n) is 0.653. The van der Waals surface area contributed by atoms with Crippen LogP contribution in [0.15, 0.2) is 0 Å². The Bertz CT molecular complexity index is 62.1. The predicted molar refractivity (Wildman–Crippen MR) is 47.2 cm³/mol. The number of rotatable bonds is 4. The Kier molecular flexibility index (Phi) is 5.84. The lowest BCUT2D eigenvalue weighted by atomic mass is 10.2. The van der Waals surface area contributed by atoms with Crippen LogP contribution in [0.3, 0.4) is 0 Å². The highest BCUT2D eigenvalue weighted by Gasteiger charge is 2.05. The second-order valence-corrected chi connectivity index (χ2v) is 3.25. The first-order valence-electron chi connectivity index (χ1n) is 3.22. The molecule has 0 N–H and O–H groups in total. The molecule has 0 aliphatic heterocycles. The van der Waals surface area contributed by atoms with Crippen LogP contribution in [0.1, 0.15) is 26.7 Å². The van der Waals surface area contributed by atoms with E-state index < -0.39 is 0 Å². The number of ether oxygens (including phenoxy) is 1. The van der Waals surface area contributed by atoms with Crippen molar-refractivity contribution in [2.75, 3.05) is 0 Å². The lowest BCUT2D eigenvalue weighted by Crippen LogP contribution is -2.12. The van der Waals surface area contributed by atoms with Crippen LogP contribution in [0.2, 0.25) is 0 Å². The van der Waals surface area contributed by atoms with Gasteiger partial charge in [-0.05, 0) is 12.8 Å². The van der Waals surface area contributed by atoms with Gasteiger partial charge in [0, 0.05) is 0 Å². The van der Waals surface area contributed by atoms with Gasteiger partial charge in [-0.2, -0.15) is 0 Å². The van der Waals surface area contributed by atoms with Gasteiger partial charge in [-0.25, -0.2) is 0 Å². The van der Waals surface area contributed by atoms with Crippen LogP contribution < -0.4 is 0 Å². The minimum Gasteiger partial charge on any atom is -0.355 e. The van der Waals surface area contributed by atoms with Gasteiger partial charge in [0.15, 0.2) is 0 Å². The highest BCUT2D eigenvalue weighted by atomic mass is 32.2. The van der Waals surface area contributed by atoms with Crippen molar-refractivity contribution in [2.45, 2.75) is 37.6 Å². The molecule has 56 valence electrons. The first-order valence-corrected chi connectivity index (χ1v) is 4.25. The van der Waals surface area contributed by atoms with Crippen LogP contribution in [0.5, 0.6) is 0 Å². The number of hydrogen-bond acceptors (Lipinski definition) is 3. The number of thiol groups is 2. The quantitative estimate of drug-likeness (QED) is 0.481. The van der Waals surface area contributed by atoms with E-state index in [0.717, 1.165) is 12.8 Å². The summed E-state index contributed by atoms with van der Waals surface area (Å²) in [4.78, 5) is 0. The Balaban J connectivity index is 3.31. The Hall–Kier alpha value is 0.660. The van der Waals surface area contributed by atoms with Gasteiger partial charge < -0.3 is 4.74 Å². The summed E-state index contributed by atoms with van der Waals surface area (Å²) < 4.78 is 5.05. The smallest absolute Gasteiger partial charge is 0.144 e. The zero-order chi connectivity index (χ0) is 7.28. The average Bonchev–Trinajstić information content (AvgIpc) is 1.82. The van der Waals surface area contributed by atoms with Gasteiger partial charge in [0.2, 0.25) is 0 Å². The van der Waals surface area contributed by atoms with Gasteiger partial charge in [-0.15, -0.1) is 25.3 Å². The van der Waals surface area contributed by atoms with Crippen LogP contribution in [-0.2, 0) is 4.74 Å². The standard InChI is InChI=1S/C6H14OS2/c1-3-5(4-2)7-6(8)9/h5-6,8-9H,3-4H2,1-2H3. The average molecular weight is 166 g/mol. The van der Waals surface area contributed by atoms with Gasteiger partial charge in [-0.1, -0.05) is 13.8 Å². The molecule has 0 saturated heterocycles. The highest BCUT2D eigenvalue weighted by Crippen LogP contribution is 2.10. The maximum Gasteiger partial charge on any atom is 0.144 e. The molecule has 0 bridgehead atoms. The van der Waals surface area contributed by atoms with E-state index in [9.17, 15) is 0 Å². The third-order valence-electron chi connectivity index (χ3n) is 1.22. The largest absolute Gasteiger partial charge is 0.355 e. The van der Waals surface area contributed by atoms with Gasteiger partial charge in [0.1, 0.15) is 4.77 Å². The Morgan fingerprint density at radius 3 is 1.78 bits per heavy atom. The molecule has 0 spiro atoms. The maximum atomic E-state index is 5.28. The van der Waals surface area contributed by atoms with Crippen LogP contribution in [0.25, 0.3) is 0 Å². The van der Waals surface area contributed by atoms with E-state index in [4.69, 9.17) is 4.74 Å². The summed E-state index contributed by atoms with van der Waals surface area (Å²) in [7, 11) is 0. The second kappa shape index (κ2) is 5.45. The van der Waals surface area contributed by atoms with Crippen molar-refractivity contribution in [3.63, 3.8) is 0 Å². The van der Waals surface area contributed by atoms with Crippen LogP contribution >= 0.6 is 25.3 Å². The Labute approximate surface area is 68.0 Å². The topological polar surface area (TPSA) is 9.23 Å². The van der Waals surface area contributed by atoms with Gasteiger partial charge in [0.05, 0.1) is 6.10 Å². The fourth-order valence-corrected chi connectivity index (χ4v) is 0.998. The van der Waals surface area contributed by atoms with Crippen molar-refractivity contribution in [1.29, 1.82) is 0 Å². The molecule has 0 atom stereocenters. The molecule has 1 nitrogen and oxygen atoms in total. The summed E-state index contributed by atoms with van der Waals surface area (Å²) in [5.74, 6) is 0. The van der Waals surface area contributed by atoms with Crippen molar-refractivity contribution in [3.8, 4) is 0 Å². The summed E-state index contributed by atoms with van der Waals surface area (Å²) in [6, 6.07) is 0. The lowest BCUT2D eigenvalue weighted by Gasteiger charge is -2.14. The summed E-state index contributed by atoms with van der Waals surface area (Å²) in [5.41, 5.74) is 0. The molecular formula is C6H14OS2. The minimum atomic E-state index is -0.227. The molecular weight excluding hydrogens is 152 g/mol. The monoisotopic (exact) mass is 166 g/mol. The SMILES string of the molecule is CCC(CC)OC(S)S. The molecule has 9 heavy (non-hydrogen) atoms. The van der Waals surface area contributed by atoms with Crippen molar-refractivity contribution >= 4 is 25.3 Å². The second-order valence-electron chi connectivity index (χ2n) is 1.90. The normalized spacial score (nSPS) is 11.3. The van der Waals surface area contributed by atoms with E-state index in [2.05, 4.69) is 39.1 Å². The molecule has 0 saturated carbocycles. The van der Waals surface area contributed by atoms with E-state index >= 15 is 0 Å². The molecule has 0 rings (SSSR count). The van der Waals surface area contributed by atoms with E-state index in [1.807, 2.05) is 0 Å². The van der Waals surface area contributed by atoms with E-state index in [1.165, 1.54) is 0 Å². The molecule has 0 radical (unpaired) electrons. The van der Waals surface area contributed by atoms with Crippen molar-refractivity contribution < 1.29 is 4.74 Å². The molecule has 0 aromatic heterocycles. The molecule has 0 aliphatic rings. The molecule has 0 unspecified atom stereocenters. The van der Waals surface area contributed by atoms with Crippen molar-refractivity contribution in [3.05, 3.63) is 0 Å². The lowest BCUT2D eigenvalue weighted by molar-refractivity contribution is 0.0704. The highest BCUT2D eigenvalue weighted by molar-refractivity contribution is 7.98. The van der Waals surface area contributed by atoms with E-state index in [1.54, 1.807) is 0 Å². The van der Waals surface area contributed by atoms with Gasteiger partial charge >= 0.3 is 0 Å². The number of hydrogen-bond donors (Lipinski definition) is 2. The Morgan fingerprint density at radius 2 is 1.67 bits per heavy atom. The van der Waals surface area contributed by atoms with Crippen molar-refractivity contribution in [1.82, 2.24) is 0 Å². The third kappa shape index (κ3) is 5.12. The van der Waals surface area contributed by atoms with Gasteiger partial charge in [-0.3, -0.25) is 0 Å². The summed E-state index contributed by atoms with van der Waals surface area (Å²) in [6.45, 7) is 4.19. The first kappa shape index (κ1) is 9.66. The first-order chi connectivity index (χ1) is 4.20. The van der Waals surface area contributed by atoms with Crippen LogP contribution in [-0.4, -0.2) is 10.9 Å². The third-order valence-corrected chi connectivity index (χ3v) is 1.47. The molecule has 0 fully saturated rings. The predicted octanol–water partition coefficient (Wildman–Crippen LogP) is 2.33. The molecule has 0 heterocycles. The summed E-state index contributed by atoms with van der Waals surface area (Å²) in [5, 5.41) is 0. The molecule has 0 aromatic carbocycles. The van der Waals surface area contributed by atoms with Crippen LogP contribution in [0, 0.1) is 0 Å². The molecule has 3 heteroatoms. The zero-order valence-electron chi connectivity index (χ0n) is 5.87. The van der Waals surface area contributed by atoms with E-state index in [-0.39, 0.29) is 4.77 Å². The van der Waals surface area contributed by atoms with E-state index in [0.29, 0.717) is 6.10 Å². The zero-order valence-corrected chi connectivity index (χ0v) is 7.66. The summed E-state index contributed by atoms with van der Waals surface area (Å²) in [6.07, 6.45) is 2.40. The fraction of sp³-hybridized carbons (Fsp3) is 1.00.